The van der Waals surface area contributed by atoms with Crippen LogP contribution in [0, 0.1) is 0 Å². The summed E-state index contributed by atoms with van der Waals surface area (Å²) in [6.45, 7) is 0. The highest BCUT2D eigenvalue weighted by atomic mass is 80.0. The molecule has 0 saturated carbocycles. The molecule has 2 rings (SSSR count). The van der Waals surface area contributed by atoms with Crippen LogP contribution >= 0.6 is 95.6 Å². The first-order valence-electron chi connectivity index (χ1n) is 5.27. The Morgan fingerprint density at radius 3 is 1.55 bits per heavy atom. The smallest absolute Gasteiger partial charge is 0.176 e. The summed E-state index contributed by atoms with van der Waals surface area (Å²) in [5.74, 6) is 0.642. The van der Waals surface area contributed by atoms with Crippen molar-refractivity contribution in [3.8, 4) is 11.4 Å². The van der Waals surface area contributed by atoms with Crippen molar-refractivity contribution in [2.45, 2.75) is 4.29 Å². The van der Waals surface area contributed by atoms with Crippen LogP contribution in [-0.2, 0) is 4.29 Å². The maximum absolute atomic E-state index is 4.57. The van der Waals surface area contributed by atoms with Crippen LogP contribution in [-0.4, -0.2) is 9.97 Å². The van der Waals surface area contributed by atoms with Crippen molar-refractivity contribution in [3.05, 3.63) is 47.8 Å². The van der Waals surface area contributed by atoms with Gasteiger partial charge in [0.05, 0.1) is 11.4 Å². The molecule has 1 aromatic heterocycles. The fourth-order valence-electron chi connectivity index (χ4n) is 1.45. The van der Waals surface area contributed by atoms with E-state index in [9.17, 15) is 0 Å². The van der Waals surface area contributed by atoms with Gasteiger partial charge in [-0.2, -0.15) is 0 Å². The fourth-order valence-corrected chi connectivity index (χ4v) is 2.67. The Kier molecular flexibility index (Phi) is 5.91. The minimum Gasteiger partial charge on any atom is -0.230 e. The van der Waals surface area contributed by atoms with Gasteiger partial charge in [0.1, 0.15) is 0 Å². The lowest BCUT2D eigenvalue weighted by Crippen LogP contribution is -2.10. The molecule has 0 bridgehead atoms. The van der Waals surface area contributed by atoms with E-state index in [1.165, 1.54) is 0 Å². The van der Waals surface area contributed by atoms with E-state index in [2.05, 4.69) is 106 Å². The van der Waals surface area contributed by atoms with Gasteiger partial charge in [0.15, 0.2) is 10.1 Å². The highest BCUT2D eigenvalue weighted by molar-refractivity contribution is 9.39. The van der Waals surface area contributed by atoms with Crippen LogP contribution in [0.25, 0.3) is 11.4 Å². The third-order valence-corrected chi connectivity index (χ3v) is 4.78. The van der Waals surface area contributed by atoms with Crippen LogP contribution in [0.5, 0.6) is 0 Å². The van der Waals surface area contributed by atoms with Gasteiger partial charge in [-0.1, -0.05) is 126 Å². The first kappa shape index (κ1) is 17.5. The lowest BCUT2D eigenvalue weighted by Gasteiger charge is -2.18. The normalized spacial score (nSPS) is 12.5. The van der Waals surface area contributed by atoms with E-state index in [1.54, 1.807) is 0 Å². The van der Waals surface area contributed by atoms with Crippen molar-refractivity contribution >= 4 is 95.6 Å². The molecular weight excluding hydrogens is 652 g/mol. The Morgan fingerprint density at radius 1 is 0.700 bits per heavy atom. The molecule has 0 aliphatic rings. The summed E-state index contributed by atoms with van der Waals surface area (Å²) in [6.07, 6.45) is 0. The van der Waals surface area contributed by atoms with Crippen molar-refractivity contribution in [1.29, 1.82) is 0 Å². The summed E-state index contributed by atoms with van der Waals surface area (Å²) < 4.78 is -1.21. The molecule has 0 radical (unpaired) electrons. The number of aromatic nitrogens is 2. The second-order valence-electron chi connectivity index (χ2n) is 3.82. The van der Waals surface area contributed by atoms with Crippen molar-refractivity contribution in [3.63, 3.8) is 0 Å². The van der Waals surface area contributed by atoms with E-state index in [4.69, 9.17) is 0 Å². The van der Waals surface area contributed by atoms with Gasteiger partial charge in [0.25, 0.3) is 0 Å². The second-order valence-corrected chi connectivity index (χ2v) is 17.3. The highest BCUT2D eigenvalue weighted by Crippen LogP contribution is 2.48. The van der Waals surface area contributed by atoms with E-state index >= 15 is 0 Å². The first-order chi connectivity index (χ1) is 9.18. The summed E-state index contributed by atoms with van der Waals surface area (Å²) in [5.41, 5.74) is 2.46. The molecule has 0 fully saturated rings. The van der Waals surface area contributed by atoms with Gasteiger partial charge in [-0.3, -0.25) is 0 Å². The average Bonchev–Trinajstić information content (AvgIpc) is 2.37. The van der Waals surface area contributed by atoms with Crippen molar-refractivity contribution in [2.24, 2.45) is 0 Å². The Morgan fingerprint density at radius 2 is 1.15 bits per heavy atom. The zero-order chi connectivity index (χ0) is 15.0. The molecule has 8 heteroatoms. The Bertz CT molecular complexity index is 571. The monoisotopic (exact) mass is 652 g/mol. The summed E-state index contributed by atoms with van der Waals surface area (Å²) >= 11 is 20.9. The van der Waals surface area contributed by atoms with Crippen LogP contribution in [0.1, 0.15) is 11.4 Å². The zero-order valence-corrected chi connectivity index (χ0v) is 19.1. The van der Waals surface area contributed by atoms with Gasteiger partial charge < -0.3 is 0 Å². The van der Waals surface area contributed by atoms with Gasteiger partial charge in [0, 0.05) is 5.56 Å². The molecule has 20 heavy (non-hydrogen) atoms. The van der Waals surface area contributed by atoms with Gasteiger partial charge in [-0.15, -0.1) is 0 Å². The number of rotatable bonds is 1. The van der Waals surface area contributed by atoms with Crippen molar-refractivity contribution in [1.82, 2.24) is 9.97 Å². The van der Waals surface area contributed by atoms with Crippen molar-refractivity contribution in [2.75, 3.05) is 0 Å². The molecule has 0 aliphatic heterocycles. The lowest BCUT2D eigenvalue weighted by molar-refractivity contribution is 1.02. The standard InChI is InChI=1S/C12H6Br6N2/c13-11(14,15)8-6-9(12(16,17)18)20-10(19-8)7-4-2-1-3-5-7/h1-6H. The molecule has 0 N–H and O–H groups in total. The maximum Gasteiger partial charge on any atom is 0.176 e. The topological polar surface area (TPSA) is 25.8 Å². The molecule has 0 unspecified atom stereocenters. The fraction of sp³-hybridized carbons (Fsp3) is 0.167. The van der Waals surface area contributed by atoms with E-state index in [-0.39, 0.29) is 0 Å². The molecule has 0 saturated heterocycles. The molecule has 0 atom stereocenters. The Balaban J connectivity index is 2.64. The summed E-state index contributed by atoms with van der Waals surface area (Å²) in [5, 5.41) is 0. The van der Waals surface area contributed by atoms with E-state index < -0.39 is 4.29 Å². The summed E-state index contributed by atoms with van der Waals surface area (Å²) in [4.78, 5) is 9.15. The lowest BCUT2D eigenvalue weighted by atomic mass is 10.2. The molecule has 1 aromatic carbocycles. The van der Waals surface area contributed by atoms with E-state index in [0.717, 1.165) is 17.0 Å². The van der Waals surface area contributed by atoms with Crippen LogP contribution < -0.4 is 0 Å². The highest BCUT2D eigenvalue weighted by Gasteiger charge is 2.30. The van der Waals surface area contributed by atoms with Gasteiger partial charge in [0.2, 0.25) is 0 Å². The number of nitrogens with zero attached hydrogens (tertiary/aromatic N) is 2. The zero-order valence-electron chi connectivity index (χ0n) is 9.63. The van der Waals surface area contributed by atoms with Gasteiger partial charge >= 0.3 is 0 Å². The van der Waals surface area contributed by atoms with Crippen LogP contribution in [0.3, 0.4) is 0 Å². The molecule has 0 spiro atoms. The predicted molar refractivity (Wildman–Crippen MR) is 104 cm³/mol. The molecular formula is C12H6Br6N2. The number of hydrogen-bond donors (Lipinski definition) is 0. The molecule has 0 amide bonds. The number of alkyl halides is 6. The molecule has 106 valence electrons. The van der Waals surface area contributed by atoms with Gasteiger partial charge in [-0.25, -0.2) is 9.97 Å². The molecule has 2 nitrogen and oxygen atoms in total. The maximum atomic E-state index is 4.57. The molecule has 2 aromatic rings. The molecule has 1 heterocycles. The van der Waals surface area contributed by atoms with Crippen molar-refractivity contribution < 1.29 is 0 Å². The minimum absolute atomic E-state index is 0.605. The van der Waals surface area contributed by atoms with Gasteiger partial charge in [-0.05, 0) is 6.07 Å². The third-order valence-electron chi connectivity index (χ3n) is 2.34. The van der Waals surface area contributed by atoms with E-state index in [1.807, 2.05) is 36.4 Å². The quantitative estimate of drug-likeness (QED) is 0.318. The molecule has 0 aliphatic carbocycles. The average molecular weight is 658 g/mol. The van der Waals surface area contributed by atoms with E-state index in [0.29, 0.717) is 5.82 Å². The Hall–Kier alpha value is 1.18. The number of benzene rings is 1. The number of halogens is 6. The Labute approximate surface area is 167 Å². The third kappa shape index (κ3) is 4.59. The first-order valence-corrected chi connectivity index (χ1v) is 10.0. The predicted octanol–water partition coefficient (Wildman–Crippen LogP) is 6.73. The second kappa shape index (κ2) is 6.74. The largest absolute Gasteiger partial charge is 0.230 e. The number of hydrogen-bond acceptors (Lipinski definition) is 2. The van der Waals surface area contributed by atoms with Crippen LogP contribution in [0.4, 0.5) is 0 Å². The van der Waals surface area contributed by atoms with Crippen LogP contribution in [0.2, 0.25) is 0 Å². The summed E-state index contributed by atoms with van der Waals surface area (Å²) in [7, 11) is 0. The SMILES string of the molecule is BrC(Br)(Br)c1cc(C(Br)(Br)Br)nc(-c2ccccc2)n1. The van der Waals surface area contributed by atoms with Crippen LogP contribution in [0.15, 0.2) is 36.4 Å². The minimum atomic E-state index is -0.605. The summed E-state index contributed by atoms with van der Waals surface area (Å²) in [6, 6.07) is 11.7.